The highest BCUT2D eigenvalue weighted by atomic mass is 16.6. The molecule has 0 radical (unpaired) electrons. The summed E-state index contributed by atoms with van der Waals surface area (Å²) in [7, 11) is 0. The summed E-state index contributed by atoms with van der Waals surface area (Å²) in [6.45, 7) is 9.61. The van der Waals surface area contributed by atoms with Crippen LogP contribution in [0.1, 0.15) is 59.8 Å². The minimum absolute atomic E-state index is 0.105. The Kier molecular flexibility index (Phi) is 9.55. The molecule has 1 heterocycles. The number of hydrogen-bond donors (Lipinski definition) is 1. The lowest BCUT2D eigenvalue weighted by Crippen LogP contribution is -2.54. The number of amides is 2. The van der Waals surface area contributed by atoms with Gasteiger partial charge in [0.25, 0.3) is 0 Å². The Morgan fingerprint density at radius 1 is 1.04 bits per heavy atom. The van der Waals surface area contributed by atoms with Crippen LogP contribution in [0.2, 0.25) is 0 Å². The molecule has 1 rings (SSSR count). The van der Waals surface area contributed by atoms with Crippen molar-refractivity contribution in [3.8, 4) is 0 Å². The highest BCUT2D eigenvalue weighted by Crippen LogP contribution is 2.11. The predicted molar refractivity (Wildman–Crippen MR) is 102 cm³/mol. The maximum atomic E-state index is 12.4. The molecule has 0 aliphatic carbocycles. The van der Waals surface area contributed by atoms with Crippen LogP contribution < -0.4 is 5.73 Å². The monoisotopic (exact) mass is 385 g/mol. The fourth-order valence-corrected chi connectivity index (χ4v) is 2.74. The zero-order chi connectivity index (χ0) is 20.4. The zero-order valence-corrected chi connectivity index (χ0v) is 17.2. The Bertz CT molecular complexity index is 496. The fourth-order valence-electron chi connectivity index (χ4n) is 2.74. The number of rotatable bonds is 8. The van der Waals surface area contributed by atoms with E-state index < -0.39 is 11.6 Å². The van der Waals surface area contributed by atoms with E-state index in [-0.39, 0.29) is 30.8 Å². The Morgan fingerprint density at radius 3 is 2.19 bits per heavy atom. The van der Waals surface area contributed by atoms with Crippen LogP contribution in [0.3, 0.4) is 0 Å². The first-order valence-electron chi connectivity index (χ1n) is 9.82. The van der Waals surface area contributed by atoms with E-state index in [2.05, 4.69) is 6.92 Å². The van der Waals surface area contributed by atoms with Gasteiger partial charge >= 0.3 is 12.1 Å². The summed E-state index contributed by atoms with van der Waals surface area (Å²) in [5, 5.41) is 0. The molecule has 0 aromatic rings. The molecule has 0 bridgehead atoms. The molecule has 1 atom stereocenters. The number of unbranched alkanes of at least 4 members (excludes halogenated alkanes) is 2. The van der Waals surface area contributed by atoms with Gasteiger partial charge in [-0.05, 0) is 33.6 Å². The molecule has 0 spiro atoms. The minimum atomic E-state index is -0.745. The standard InChI is InChI=1S/C19H35N3O5/c1-5-6-7-14-26-18(25)22-12-10-21(11-13-22)17(24)15(20)8-9-16(23)27-19(2,3)4/h15H,5-14,20H2,1-4H3/t15-/m0/s1. The molecule has 8 nitrogen and oxygen atoms in total. The molecule has 27 heavy (non-hydrogen) atoms. The maximum Gasteiger partial charge on any atom is 0.409 e. The second-order valence-corrected chi connectivity index (χ2v) is 7.87. The van der Waals surface area contributed by atoms with Crippen LogP contribution >= 0.6 is 0 Å². The molecule has 156 valence electrons. The van der Waals surface area contributed by atoms with Crippen molar-refractivity contribution < 1.29 is 23.9 Å². The highest BCUT2D eigenvalue weighted by molar-refractivity contribution is 5.82. The lowest BCUT2D eigenvalue weighted by Gasteiger charge is -2.35. The summed E-state index contributed by atoms with van der Waals surface area (Å²) in [5.41, 5.74) is 5.40. The molecule has 0 aromatic carbocycles. The first-order chi connectivity index (χ1) is 12.6. The van der Waals surface area contributed by atoms with Crippen molar-refractivity contribution in [2.24, 2.45) is 5.73 Å². The smallest absolute Gasteiger partial charge is 0.409 e. The Hall–Kier alpha value is -1.83. The largest absolute Gasteiger partial charge is 0.460 e. The van der Waals surface area contributed by atoms with Crippen molar-refractivity contribution in [3.63, 3.8) is 0 Å². The molecule has 1 saturated heterocycles. The van der Waals surface area contributed by atoms with Crippen molar-refractivity contribution >= 4 is 18.0 Å². The molecule has 1 aliphatic rings. The number of hydrogen-bond acceptors (Lipinski definition) is 6. The number of ether oxygens (including phenoxy) is 2. The van der Waals surface area contributed by atoms with E-state index in [1.807, 2.05) is 0 Å². The first kappa shape index (κ1) is 23.2. The van der Waals surface area contributed by atoms with Crippen LogP contribution in [0.25, 0.3) is 0 Å². The summed E-state index contributed by atoms with van der Waals surface area (Å²) in [6, 6.07) is -0.745. The Balaban J connectivity index is 2.31. The average molecular weight is 386 g/mol. The molecular weight excluding hydrogens is 350 g/mol. The van der Waals surface area contributed by atoms with Gasteiger partial charge in [0.05, 0.1) is 12.6 Å². The van der Waals surface area contributed by atoms with Gasteiger partial charge in [-0.3, -0.25) is 9.59 Å². The van der Waals surface area contributed by atoms with Gasteiger partial charge < -0.3 is 25.0 Å². The molecule has 0 aromatic heterocycles. The summed E-state index contributed by atoms with van der Waals surface area (Å²) < 4.78 is 10.5. The van der Waals surface area contributed by atoms with E-state index in [4.69, 9.17) is 15.2 Å². The van der Waals surface area contributed by atoms with Gasteiger partial charge in [0, 0.05) is 32.6 Å². The number of nitrogens with zero attached hydrogens (tertiary/aromatic N) is 2. The molecule has 0 unspecified atom stereocenters. The second-order valence-electron chi connectivity index (χ2n) is 7.87. The van der Waals surface area contributed by atoms with Crippen LogP contribution in [-0.2, 0) is 19.1 Å². The molecule has 1 aliphatic heterocycles. The predicted octanol–water partition coefficient (Wildman–Crippen LogP) is 1.91. The van der Waals surface area contributed by atoms with Gasteiger partial charge in [0.15, 0.2) is 0 Å². The van der Waals surface area contributed by atoms with Crippen LogP contribution in [0, 0.1) is 0 Å². The SMILES string of the molecule is CCCCCOC(=O)N1CCN(C(=O)[C@@H](N)CCC(=O)OC(C)(C)C)CC1. The molecular formula is C19H35N3O5. The summed E-state index contributed by atoms with van der Waals surface area (Å²) in [6.07, 6.45) is 3.01. The molecule has 0 saturated carbocycles. The van der Waals surface area contributed by atoms with E-state index in [0.29, 0.717) is 32.8 Å². The van der Waals surface area contributed by atoms with Gasteiger partial charge in [0.1, 0.15) is 5.60 Å². The van der Waals surface area contributed by atoms with Crippen molar-refractivity contribution in [2.45, 2.75) is 71.4 Å². The van der Waals surface area contributed by atoms with Crippen LogP contribution in [-0.4, -0.2) is 72.2 Å². The van der Waals surface area contributed by atoms with Crippen LogP contribution in [0.15, 0.2) is 0 Å². The minimum Gasteiger partial charge on any atom is -0.460 e. The number of esters is 1. The van der Waals surface area contributed by atoms with Crippen molar-refractivity contribution in [1.29, 1.82) is 0 Å². The van der Waals surface area contributed by atoms with Crippen molar-refractivity contribution in [2.75, 3.05) is 32.8 Å². The molecule has 1 fully saturated rings. The third-order valence-corrected chi connectivity index (χ3v) is 4.22. The lowest BCUT2D eigenvalue weighted by atomic mass is 10.1. The lowest BCUT2D eigenvalue weighted by molar-refractivity contribution is -0.155. The normalized spacial score (nSPS) is 16.0. The molecule has 2 amide bonds. The zero-order valence-electron chi connectivity index (χ0n) is 17.2. The topological polar surface area (TPSA) is 102 Å². The van der Waals surface area contributed by atoms with Gasteiger partial charge in [-0.1, -0.05) is 19.8 Å². The van der Waals surface area contributed by atoms with Gasteiger partial charge in [-0.25, -0.2) is 4.79 Å². The molecule has 8 heteroatoms. The van der Waals surface area contributed by atoms with E-state index in [9.17, 15) is 14.4 Å². The Labute approximate surface area is 162 Å². The third kappa shape index (κ3) is 9.08. The number of piperazine rings is 1. The maximum absolute atomic E-state index is 12.4. The summed E-state index contributed by atoms with van der Waals surface area (Å²) in [4.78, 5) is 39.4. The average Bonchev–Trinajstić information content (AvgIpc) is 2.61. The number of carbonyl (C=O) groups is 3. The van der Waals surface area contributed by atoms with Gasteiger partial charge in [0.2, 0.25) is 5.91 Å². The quantitative estimate of drug-likeness (QED) is 0.506. The summed E-state index contributed by atoms with van der Waals surface area (Å²) >= 11 is 0. The van der Waals surface area contributed by atoms with Crippen molar-refractivity contribution in [1.82, 2.24) is 9.80 Å². The van der Waals surface area contributed by atoms with Crippen LogP contribution in [0.4, 0.5) is 4.79 Å². The highest BCUT2D eigenvalue weighted by Gasteiger charge is 2.28. The van der Waals surface area contributed by atoms with Crippen molar-refractivity contribution in [3.05, 3.63) is 0 Å². The summed E-state index contributed by atoms with van der Waals surface area (Å²) in [5.74, 6) is -0.559. The van der Waals surface area contributed by atoms with Gasteiger partial charge in [-0.2, -0.15) is 0 Å². The fraction of sp³-hybridized carbons (Fsp3) is 0.842. The van der Waals surface area contributed by atoms with Gasteiger partial charge in [-0.15, -0.1) is 0 Å². The van der Waals surface area contributed by atoms with E-state index in [1.165, 1.54) is 0 Å². The third-order valence-electron chi connectivity index (χ3n) is 4.22. The second kappa shape index (κ2) is 11.1. The molecule has 2 N–H and O–H groups in total. The van der Waals surface area contributed by atoms with E-state index in [1.54, 1.807) is 30.6 Å². The number of carbonyl (C=O) groups excluding carboxylic acids is 3. The first-order valence-corrected chi connectivity index (χ1v) is 9.82. The van der Waals surface area contributed by atoms with Crippen LogP contribution in [0.5, 0.6) is 0 Å². The van der Waals surface area contributed by atoms with E-state index in [0.717, 1.165) is 19.3 Å². The van der Waals surface area contributed by atoms with E-state index >= 15 is 0 Å². The number of nitrogens with two attached hydrogens (primary N) is 1. The Morgan fingerprint density at radius 2 is 1.63 bits per heavy atom.